The molecular weight excluding hydrogens is 507 g/mol. The summed E-state index contributed by atoms with van der Waals surface area (Å²) in [4.78, 5) is 2.56. The van der Waals surface area contributed by atoms with Crippen LogP contribution in [0.1, 0.15) is 75.5 Å². The van der Waals surface area contributed by atoms with Crippen LogP contribution in [-0.4, -0.2) is 50.4 Å². The molecular formula is C29H46Cl2N4O2. The van der Waals surface area contributed by atoms with Crippen molar-refractivity contribution in [2.24, 2.45) is 17.3 Å². The topological polar surface area (TPSA) is 74.3 Å². The molecule has 208 valence electrons. The van der Waals surface area contributed by atoms with Crippen LogP contribution in [0, 0.1) is 35.5 Å². The van der Waals surface area contributed by atoms with Crippen LogP contribution < -0.4 is 10.1 Å². The molecule has 0 amide bonds. The van der Waals surface area contributed by atoms with E-state index in [1.165, 1.54) is 44.9 Å². The Morgan fingerprint density at radius 2 is 1.76 bits per heavy atom. The van der Waals surface area contributed by atoms with Gasteiger partial charge >= 0.3 is 0 Å². The molecule has 0 radical (unpaired) electrons. The maximum absolute atomic E-state index is 9.79. The van der Waals surface area contributed by atoms with E-state index in [1.807, 2.05) is 14.1 Å². The van der Waals surface area contributed by atoms with E-state index in [1.54, 1.807) is 0 Å². The van der Waals surface area contributed by atoms with E-state index in [-0.39, 0.29) is 30.2 Å². The summed E-state index contributed by atoms with van der Waals surface area (Å²) < 4.78 is 11.7. The summed E-state index contributed by atoms with van der Waals surface area (Å²) in [5.41, 5.74) is 2.97. The summed E-state index contributed by atoms with van der Waals surface area (Å²) >= 11 is 0. The van der Waals surface area contributed by atoms with Crippen molar-refractivity contribution in [3.05, 3.63) is 23.4 Å². The van der Waals surface area contributed by atoms with Gasteiger partial charge in [0, 0.05) is 17.5 Å². The molecule has 5 rings (SSSR count). The second-order valence-corrected chi connectivity index (χ2v) is 11.2. The molecule has 1 aromatic carbocycles. The highest BCUT2D eigenvalue weighted by atomic mass is 35.5. The number of aryl methyl sites for hydroxylation is 2. The molecule has 0 bridgehead atoms. The van der Waals surface area contributed by atoms with Crippen molar-refractivity contribution in [1.82, 2.24) is 15.4 Å². The van der Waals surface area contributed by atoms with Gasteiger partial charge in [-0.25, -0.2) is 0 Å². The third-order valence-electron chi connectivity index (χ3n) is 8.16. The van der Waals surface area contributed by atoms with Gasteiger partial charge in [0.05, 0.1) is 23.8 Å². The lowest BCUT2D eigenvalue weighted by molar-refractivity contribution is 0.112. The number of piperidine rings is 1. The average molecular weight is 554 g/mol. The van der Waals surface area contributed by atoms with Gasteiger partial charge in [0.15, 0.2) is 5.58 Å². The highest BCUT2D eigenvalue weighted by molar-refractivity contribution is 5.86. The lowest BCUT2D eigenvalue weighted by atomic mass is 9.74. The Bertz CT molecular complexity index is 988. The van der Waals surface area contributed by atoms with E-state index in [9.17, 15) is 5.26 Å². The molecule has 1 saturated heterocycles. The van der Waals surface area contributed by atoms with Crippen LogP contribution in [-0.2, 0) is 6.42 Å². The third kappa shape index (κ3) is 8.48. The SMILES string of the molecule is CNC.Cc1c(OCC2CC2)ccc2c(CCC3CCN(CC4(C#N)CCCCC4)CC3)noc12.Cl.Cl. The molecule has 37 heavy (non-hydrogen) atoms. The molecule has 6 nitrogen and oxygen atoms in total. The maximum Gasteiger partial charge on any atom is 0.173 e. The monoisotopic (exact) mass is 552 g/mol. The number of benzene rings is 1. The molecule has 8 heteroatoms. The van der Waals surface area contributed by atoms with E-state index in [0.717, 1.165) is 91.7 Å². The standard InChI is InChI=1S/C27H37N3O2.C2H7N.2ClH/c1-20-25(31-17-22-5-6-22)10-8-23-24(29-32-26(20)23)9-7-21-11-15-30(16-12-21)19-27(18-28)13-3-2-4-14-27;1-3-2;;/h8,10,21-22H,2-7,9,11-17,19H2,1H3;3H,1-2H3;2*1H. The van der Waals surface area contributed by atoms with E-state index in [0.29, 0.717) is 0 Å². The van der Waals surface area contributed by atoms with E-state index in [2.05, 4.69) is 40.5 Å². The molecule has 0 spiro atoms. The highest BCUT2D eigenvalue weighted by Crippen LogP contribution is 2.38. The molecule has 0 unspecified atom stereocenters. The van der Waals surface area contributed by atoms with Crippen LogP contribution >= 0.6 is 24.8 Å². The van der Waals surface area contributed by atoms with Gasteiger partial charge in [-0.05, 0) is 109 Å². The Kier molecular flexibility index (Phi) is 13.0. The van der Waals surface area contributed by atoms with Gasteiger partial charge in [0.1, 0.15) is 5.75 Å². The largest absolute Gasteiger partial charge is 0.493 e. The number of nitriles is 1. The zero-order valence-electron chi connectivity index (χ0n) is 22.9. The van der Waals surface area contributed by atoms with Crippen molar-refractivity contribution >= 4 is 35.8 Å². The van der Waals surface area contributed by atoms with Gasteiger partial charge in [-0.2, -0.15) is 5.26 Å². The second-order valence-electron chi connectivity index (χ2n) is 11.2. The molecule has 0 atom stereocenters. The van der Waals surface area contributed by atoms with Crippen molar-refractivity contribution in [2.75, 3.05) is 40.3 Å². The smallest absolute Gasteiger partial charge is 0.173 e. The van der Waals surface area contributed by atoms with Crippen LogP contribution in [0.2, 0.25) is 0 Å². The maximum atomic E-state index is 9.79. The summed E-state index contributed by atoms with van der Waals surface area (Å²) in [6.45, 7) is 6.15. The first-order chi connectivity index (χ1) is 17.1. The van der Waals surface area contributed by atoms with Gasteiger partial charge in [-0.1, -0.05) is 24.4 Å². The number of halogens is 2. The number of fused-ring (bicyclic) bond motifs is 1. The fraction of sp³-hybridized carbons (Fsp3) is 0.724. The highest BCUT2D eigenvalue weighted by Gasteiger charge is 2.35. The van der Waals surface area contributed by atoms with Gasteiger partial charge in [-0.3, -0.25) is 0 Å². The molecule has 2 heterocycles. The van der Waals surface area contributed by atoms with Crippen molar-refractivity contribution < 1.29 is 9.26 Å². The Hall–Kier alpha value is -1.52. The molecule has 2 aliphatic carbocycles. The van der Waals surface area contributed by atoms with E-state index in [4.69, 9.17) is 9.26 Å². The summed E-state index contributed by atoms with van der Waals surface area (Å²) in [5.74, 6) is 2.42. The number of ether oxygens (including phenoxy) is 1. The Morgan fingerprint density at radius 1 is 1.08 bits per heavy atom. The number of rotatable bonds is 8. The van der Waals surface area contributed by atoms with Crippen LogP contribution in [0.3, 0.4) is 0 Å². The Labute approximate surface area is 235 Å². The zero-order chi connectivity index (χ0) is 24.7. The van der Waals surface area contributed by atoms with Crippen molar-refractivity contribution in [3.8, 4) is 11.8 Å². The van der Waals surface area contributed by atoms with Crippen LogP contribution in [0.15, 0.2) is 16.7 Å². The van der Waals surface area contributed by atoms with Crippen molar-refractivity contribution in [1.29, 1.82) is 5.26 Å². The summed E-state index contributed by atoms with van der Waals surface area (Å²) in [6, 6.07) is 6.91. The van der Waals surface area contributed by atoms with E-state index >= 15 is 0 Å². The van der Waals surface area contributed by atoms with Crippen LogP contribution in [0.5, 0.6) is 5.75 Å². The average Bonchev–Trinajstić information content (AvgIpc) is 3.62. The minimum absolute atomic E-state index is 0. The van der Waals surface area contributed by atoms with Crippen molar-refractivity contribution in [2.45, 2.75) is 77.6 Å². The first-order valence-electron chi connectivity index (χ1n) is 13.8. The van der Waals surface area contributed by atoms with Gasteiger partial charge in [-0.15, -0.1) is 24.8 Å². The first kappa shape index (κ1) is 31.7. The number of likely N-dealkylation sites (tertiary alicyclic amines) is 1. The number of hydrogen-bond acceptors (Lipinski definition) is 6. The summed E-state index contributed by atoms with van der Waals surface area (Å²) in [5, 5.41) is 18.1. The third-order valence-corrected chi connectivity index (χ3v) is 8.16. The minimum atomic E-state index is -0.0796. The number of aromatic nitrogens is 1. The number of nitrogens with zero attached hydrogens (tertiary/aromatic N) is 3. The number of nitrogens with one attached hydrogen (secondary N) is 1. The summed E-state index contributed by atoms with van der Waals surface area (Å²) in [6.07, 6.45) is 13.1. The molecule has 1 N–H and O–H groups in total. The fourth-order valence-corrected chi connectivity index (χ4v) is 5.73. The predicted octanol–water partition coefficient (Wildman–Crippen LogP) is 6.72. The second kappa shape index (κ2) is 15.2. The molecule has 1 aliphatic heterocycles. The Morgan fingerprint density at radius 3 is 2.38 bits per heavy atom. The predicted molar refractivity (Wildman–Crippen MR) is 155 cm³/mol. The molecule has 3 fully saturated rings. The van der Waals surface area contributed by atoms with Crippen LogP contribution in [0.25, 0.3) is 11.0 Å². The summed E-state index contributed by atoms with van der Waals surface area (Å²) in [7, 11) is 3.75. The molecule has 2 saturated carbocycles. The van der Waals surface area contributed by atoms with Crippen molar-refractivity contribution in [3.63, 3.8) is 0 Å². The minimum Gasteiger partial charge on any atom is -0.493 e. The first-order valence-corrected chi connectivity index (χ1v) is 13.8. The zero-order valence-corrected chi connectivity index (χ0v) is 24.5. The van der Waals surface area contributed by atoms with Gasteiger partial charge in [0.25, 0.3) is 0 Å². The molecule has 2 aromatic rings. The van der Waals surface area contributed by atoms with Crippen LogP contribution in [0.4, 0.5) is 0 Å². The lowest BCUT2D eigenvalue weighted by Crippen LogP contribution is -2.42. The van der Waals surface area contributed by atoms with Gasteiger partial charge in [0.2, 0.25) is 0 Å². The Balaban J connectivity index is 0.000000919. The lowest BCUT2D eigenvalue weighted by Gasteiger charge is -2.39. The molecule has 1 aromatic heterocycles. The van der Waals surface area contributed by atoms with Gasteiger partial charge < -0.3 is 19.5 Å². The number of hydrogen-bond donors (Lipinski definition) is 1. The molecule has 3 aliphatic rings. The quantitative estimate of drug-likeness (QED) is 0.391. The van der Waals surface area contributed by atoms with E-state index < -0.39 is 0 Å². The fourth-order valence-electron chi connectivity index (χ4n) is 5.73. The normalized spacial score (nSPS) is 19.6.